The van der Waals surface area contributed by atoms with Gasteiger partial charge in [0.15, 0.2) is 0 Å². The summed E-state index contributed by atoms with van der Waals surface area (Å²) in [6, 6.07) is 3.98. The van der Waals surface area contributed by atoms with Gasteiger partial charge in [-0.15, -0.1) is 0 Å². The van der Waals surface area contributed by atoms with Gasteiger partial charge in [0.2, 0.25) is 5.95 Å². The Labute approximate surface area is 143 Å². The molecule has 3 rings (SSSR count). The van der Waals surface area contributed by atoms with Crippen molar-refractivity contribution in [1.82, 2.24) is 15.0 Å². The molecule has 1 fully saturated rings. The van der Waals surface area contributed by atoms with Crippen LogP contribution in [-0.2, 0) is 11.3 Å². The number of anilines is 2. The molecule has 0 unspecified atom stereocenters. The maximum atomic E-state index is 6.07. The highest BCUT2D eigenvalue weighted by atomic mass is 16.5. The number of piperidine rings is 1. The molecule has 0 saturated carbocycles. The Kier molecular flexibility index (Phi) is 5.25. The van der Waals surface area contributed by atoms with E-state index in [1.807, 2.05) is 50.4 Å². The molecule has 1 saturated heterocycles. The lowest BCUT2D eigenvalue weighted by atomic mass is 10.1. The van der Waals surface area contributed by atoms with Gasteiger partial charge in [0.25, 0.3) is 0 Å². The first-order chi connectivity index (χ1) is 11.6. The Hall–Kier alpha value is -2.21. The highest BCUT2D eigenvalue weighted by Gasteiger charge is 2.23. The third-order valence-electron chi connectivity index (χ3n) is 4.23. The third kappa shape index (κ3) is 4.00. The van der Waals surface area contributed by atoms with Gasteiger partial charge in [0.1, 0.15) is 5.82 Å². The van der Waals surface area contributed by atoms with Gasteiger partial charge in [0, 0.05) is 51.3 Å². The number of aryl methyl sites for hydroxylation is 1. The van der Waals surface area contributed by atoms with Crippen molar-refractivity contribution in [3.05, 3.63) is 41.9 Å². The number of pyridine rings is 1. The van der Waals surface area contributed by atoms with E-state index >= 15 is 0 Å². The van der Waals surface area contributed by atoms with Crippen molar-refractivity contribution >= 4 is 11.8 Å². The summed E-state index contributed by atoms with van der Waals surface area (Å²) >= 11 is 0. The molecule has 0 aromatic carbocycles. The fourth-order valence-corrected chi connectivity index (χ4v) is 2.98. The molecule has 0 radical (unpaired) electrons. The number of aromatic nitrogens is 3. The Morgan fingerprint density at radius 1 is 1.33 bits per heavy atom. The van der Waals surface area contributed by atoms with Crippen molar-refractivity contribution in [1.29, 1.82) is 0 Å². The van der Waals surface area contributed by atoms with Crippen LogP contribution in [0.2, 0.25) is 0 Å². The predicted molar refractivity (Wildman–Crippen MR) is 95.4 cm³/mol. The molecule has 2 aromatic rings. The molecule has 6 nitrogen and oxygen atoms in total. The van der Waals surface area contributed by atoms with Gasteiger partial charge in [-0.3, -0.25) is 4.98 Å². The minimum atomic E-state index is 0.201. The fourth-order valence-electron chi connectivity index (χ4n) is 2.98. The van der Waals surface area contributed by atoms with Crippen LogP contribution in [0.15, 0.2) is 30.7 Å². The van der Waals surface area contributed by atoms with Gasteiger partial charge >= 0.3 is 0 Å². The summed E-state index contributed by atoms with van der Waals surface area (Å²) in [6.45, 7) is 4.44. The molecule has 0 aliphatic carbocycles. The number of rotatable bonds is 5. The van der Waals surface area contributed by atoms with E-state index < -0.39 is 0 Å². The molecule has 128 valence electrons. The Bertz CT molecular complexity index is 662. The zero-order valence-corrected chi connectivity index (χ0v) is 14.6. The maximum Gasteiger partial charge on any atom is 0.227 e. The average Bonchev–Trinajstić information content (AvgIpc) is 2.61. The number of hydrogen-bond acceptors (Lipinski definition) is 6. The molecular weight excluding hydrogens is 302 g/mol. The van der Waals surface area contributed by atoms with E-state index in [4.69, 9.17) is 9.72 Å². The van der Waals surface area contributed by atoms with Crippen LogP contribution >= 0.6 is 0 Å². The van der Waals surface area contributed by atoms with Crippen LogP contribution in [0.25, 0.3) is 0 Å². The molecule has 0 N–H and O–H groups in total. The number of nitrogens with zero attached hydrogens (tertiary/aromatic N) is 5. The summed E-state index contributed by atoms with van der Waals surface area (Å²) in [5.41, 5.74) is 2.20. The molecule has 0 spiro atoms. The second-order valence-electron chi connectivity index (χ2n) is 6.45. The maximum absolute atomic E-state index is 6.07. The molecular formula is C18H25N5O. The Balaban J connectivity index is 1.64. The second kappa shape index (κ2) is 7.57. The van der Waals surface area contributed by atoms with Crippen LogP contribution in [0.3, 0.4) is 0 Å². The summed E-state index contributed by atoms with van der Waals surface area (Å²) < 4.78 is 6.07. The van der Waals surface area contributed by atoms with Crippen LogP contribution in [-0.4, -0.2) is 48.2 Å². The molecule has 1 atom stereocenters. The molecule has 3 heterocycles. The molecule has 0 bridgehead atoms. The quantitative estimate of drug-likeness (QED) is 0.841. The zero-order valence-electron chi connectivity index (χ0n) is 14.6. The lowest BCUT2D eigenvalue weighted by Crippen LogP contribution is -2.40. The second-order valence-corrected chi connectivity index (χ2v) is 6.45. The first-order valence-corrected chi connectivity index (χ1v) is 8.40. The first kappa shape index (κ1) is 16.6. The fraction of sp³-hybridized carbons (Fsp3) is 0.500. The van der Waals surface area contributed by atoms with Crippen molar-refractivity contribution in [2.45, 2.75) is 32.5 Å². The van der Waals surface area contributed by atoms with Crippen molar-refractivity contribution in [3.63, 3.8) is 0 Å². The molecule has 2 aromatic heterocycles. The average molecular weight is 327 g/mol. The van der Waals surface area contributed by atoms with Crippen LogP contribution < -0.4 is 9.80 Å². The lowest BCUT2D eigenvalue weighted by molar-refractivity contribution is 0.0311. The standard InChI is InChI=1S/C18H25N5O/c1-14-10-20-18(21-17(14)22(2)3)23-9-5-7-16(12-23)24-13-15-6-4-8-19-11-15/h4,6,8,10-11,16H,5,7,9,12-13H2,1-3H3/t16-/m1/s1. The van der Waals surface area contributed by atoms with Gasteiger partial charge < -0.3 is 14.5 Å². The Morgan fingerprint density at radius 3 is 2.96 bits per heavy atom. The summed E-state index contributed by atoms with van der Waals surface area (Å²) in [6.07, 6.45) is 7.90. The van der Waals surface area contributed by atoms with Crippen molar-refractivity contribution in [2.75, 3.05) is 37.0 Å². The van der Waals surface area contributed by atoms with E-state index in [2.05, 4.69) is 14.9 Å². The third-order valence-corrected chi connectivity index (χ3v) is 4.23. The van der Waals surface area contributed by atoms with E-state index in [0.717, 1.165) is 48.8 Å². The minimum absolute atomic E-state index is 0.201. The Morgan fingerprint density at radius 2 is 2.21 bits per heavy atom. The molecule has 6 heteroatoms. The lowest BCUT2D eigenvalue weighted by Gasteiger charge is -2.33. The van der Waals surface area contributed by atoms with Gasteiger partial charge in [-0.05, 0) is 31.4 Å². The van der Waals surface area contributed by atoms with Crippen molar-refractivity contribution < 1.29 is 4.74 Å². The molecule has 0 amide bonds. The van der Waals surface area contributed by atoms with Gasteiger partial charge in [-0.25, -0.2) is 4.98 Å². The van der Waals surface area contributed by atoms with Crippen LogP contribution in [0.1, 0.15) is 24.0 Å². The van der Waals surface area contributed by atoms with E-state index in [0.29, 0.717) is 6.61 Å². The molecule has 1 aliphatic rings. The highest BCUT2D eigenvalue weighted by molar-refractivity contribution is 5.48. The summed E-state index contributed by atoms with van der Waals surface area (Å²) in [5, 5.41) is 0. The first-order valence-electron chi connectivity index (χ1n) is 8.40. The SMILES string of the molecule is Cc1cnc(N2CCC[C@@H](OCc3cccnc3)C2)nc1N(C)C. The van der Waals surface area contributed by atoms with Crippen LogP contribution in [0, 0.1) is 6.92 Å². The predicted octanol–water partition coefficient (Wildman–Crippen LogP) is 2.43. The van der Waals surface area contributed by atoms with Gasteiger partial charge in [-0.2, -0.15) is 4.98 Å². The molecule has 1 aliphatic heterocycles. The van der Waals surface area contributed by atoms with Crippen molar-refractivity contribution in [2.24, 2.45) is 0 Å². The zero-order chi connectivity index (χ0) is 16.9. The smallest absolute Gasteiger partial charge is 0.227 e. The number of hydrogen-bond donors (Lipinski definition) is 0. The minimum Gasteiger partial charge on any atom is -0.372 e. The summed E-state index contributed by atoms with van der Waals surface area (Å²) in [4.78, 5) is 17.6. The largest absolute Gasteiger partial charge is 0.372 e. The van der Waals surface area contributed by atoms with E-state index in [1.54, 1.807) is 6.20 Å². The monoisotopic (exact) mass is 327 g/mol. The van der Waals surface area contributed by atoms with Crippen LogP contribution in [0.4, 0.5) is 11.8 Å². The highest BCUT2D eigenvalue weighted by Crippen LogP contribution is 2.22. The topological polar surface area (TPSA) is 54.4 Å². The summed E-state index contributed by atoms with van der Waals surface area (Å²) in [5.74, 6) is 1.76. The van der Waals surface area contributed by atoms with E-state index in [-0.39, 0.29) is 6.10 Å². The van der Waals surface area contributed by atoms with Crippen LogP contribution in [0.5, 0.6) is 0 Å². The van der Waals surface area contributed by atoms with Crippen molar-refractivity contribution in [3.8, 4) is 0 Å². The summed E-state index contributed by atoms with van der Waals surface area (Å²) in [7, 11) is 4.02. The van der Waals surface area contributed by atoms with Gasteiger partial charge in [0.05, 0.1) is 12.7 Å². The van der Waals surface area contributed by atoms with E-state index in [1.165, 1.54) is 0 Å². The van der Waals surface area contributed by atoms with E-state index in [9.17, 15) is 0 Å². The number of ether oxygens (including phenoxy) is 1. The van der Waals surface area contributed by atoms with Gasteiger partial charge in [-0.1, -0.05) is 6.07 Å². The molecule has 24 heavy (non-hydrogen) atoms. The normalized spacial score (nSPS) is 17.8.